The first-order chi connectivity index (χ1) is 8.90. The molecule has 18 heavy (non-hydrogen) atoms. The number of nitrogens with zero attached hydrogens (tertiary/aromatic N) is 3. The molecule has 0 aromatic carbocycles. The lowest BCUT2D eigenvalue weighted by Gasteiger charge is -2.05. The van der Waals surface area contributed by atoms with Gasteiger partial charge in [-0.1, -0.05) is 39.0 Å². The zero-order chi connectivity index (χ0) is 12.6. The van der Waals surface area contributed by atoms with Crippen LogP contribution in [0.1, 0.15) is 45.4 Å². The van der Waals surface area contributed by atoms with Crippen molar-refractivity contribution in [3.63, 3.8) is 0 Å². The van der Waals surface area contributed by atoms with Crippen molar-refractivity contribution in [1.82, 2.24) is 14.6 Å². The Morgan fingerprint density at radius 3 is 2.83 bits per heavy atom. The predicted molar refractivity (Wildman–Crippen MR) is 74.9 cm³/mol. The molecular weight excluding hydrogens is 224 g/mol. The molecule has 0 bridgehead atoms. The summed E-state index contributed by atoms with van der Waals surface area (Å²) in [5.74, 6) is 0.941. The van der Waals surface area contributed by atoms with E-state index in [2.05, 4.69) is 22.3 Å². The molecule has 2 heterocycles. The van der Waals surface area contributed by atoms with Crippen LogP contribution in [-0.4, -0.2) is 21.1 Å². The number of anilines is 1. The van der Waals surface area contributed by atoms with Crippen LogP contribution in [0.4, 0.5) is 5.82 Å². The molecule has 0 aliphatic rings. The number of rotatable bonds is 8. The van der Waals surface area contributed by atoms with Crippen molar-refractivity contribution in [2.45, 2.75) is 45.4 Å². The smallest absolute Gasteiger partial charge is 0.157 e. The number of fused-ring (bicyclic) bond motifs is 1. The Hall–Kier alpha value is -1.58. The summed E-state index contributed by atoms with van der Waals surface area (Å²) in [6.45, 7) is 3.25. The molecule has 0 unspecified atom stereocenters. The lowest BCUT2D eigenvalue weighted by Crippen LogP contribution is -2.04. The summed E-state index contributed by atoms with van der Waals surface area (Å²) in [7, 11) is 0. The van der Waals surface area contributed by atoms with Gasteiger partial charge in [-0.2, -0.15) is 5.10 Å². The van der Waals surface area contributed by atoms with Crippen LogP contribution in [0.5, 0.6) is 0 Å². The van der Waals surface area contributed by atoms with Gasteiger partial charge in [0, 0.05) is 18.8 Å². The van der Waals surface area contributed by atoms with E-state index in [1.54, 1.807) is 10.7 Å². The minimum absolute atomic E-state index is 0.892. The quantitative estimate of drug-likeness (QED) is 0.725. The average molecular weight is 246 g/mol. The molecule has 0 spiro atoms. The van der Waals surface area contributed by atoms with Crippen LogP contribution in [-0.2, 0) is 0 Å². The zero-order valence-corrected chi connectivity index (χ0v) is 11.1. The Morgan fingerprint density at radius 1 is 1.11 bits per heavy atom. The minimum Gasteiger partial charge on any atom is -0.370 e. The van der Waals surface area contributed by atoms with Crippen LogP contribution in [0, 0.1) is 0 Å². The topological polar surface area (TPSA) is 42.2 Å². The molecular formula is C14H22N4. The Morgan fingerprint density at radius 2 is 1.94 bits per heavy atom. The highest BCUT2D eigenvalue weighted by Gasteiger charge is 1.97. The van der Waals surface area contributed by atoms with Gasteiger partial charge in [0.05, 0.1) is 6.20 Å². The molecule has 98 valence electrons. The largest absolute Gasteiger partial charge is 0.370 e. The molecule has 0 saturated heterocycles. The highest BCUT2D eigenvalue weighted by atomic mass is 15.2. The van der Waals surface area contributed by atoms with Crippen molar-refractivity contribution in [2.24, 2.45) is 0 Å². The molecule has 1 N–H and O–H groups in total. The Bertz CT molecular complexity index is 464. The summed E-state index contributed by atoms with van der Waals surface area (Å²) in [5, 5.41) is 7.49. The number of hydrogen-bond acceptors (Lipinski definition) is 3. The maximum absolute atomic E-state index is 4.47. The first-order valence-electron chi connectivity index (χ1n) is 6.94. The first-order valence-corrected chi connectivity index (χ1v) is 6.94. The third-order valence-corrected chi connectivity index (χ3v) is 3.09. The molecule has 0 fully saturated rings. The van der Waals surface area contributed by atoms with Crippen molar-refractivity contribution in [3.05, 3.63) is 24.5 Å². The highest BCUT2D eigenvalue weighted by Crippen LogP contribution is 2.08. The first kappa shape index (κ1) is 12.9. The van der Waals surface area contributed by atoms with Gasteiger partial charge in [0.15, 0.2) is 5.65 Å². The lowest BCUT2D eigenvalue weighted by atomic mass is 10.1. The third-order valence-electron chi connectivity index (χ3n) is 3.09. The van der Waals surface area contributed by atoms with Gasteiger partial charge in [-0.3, -0.25) is 0 Å². The normalized spacial score (nSPS) is 10.9. The van der Waals surface area contributed by atoms with E-state index < -0.39 is 0 Å². The van der Waals surface area contributed by atoms with Crippen molar-refractivity contribution < 1.29 is 0 Å². The second kappa shape index (κ2) is 6.99. The second-order valence-corrected chi connectivity index (χ2v) is 4.64. The monoisotopic (exact) mass is 246 g/mol. The van der Waals surface area contributed by atoms with E-state index >= 15 is 0 Å². The fourth-order valence-corrected chi connectivity index (χ4v) is 2.03. The summed E-state index contributed by atoms with van der Waals surface area (Å²) < 4.78 is 1.77. The number of nitrogens with one attached hydrogen (secondary N) is 1. The van der Waals surface area contributed by atoms with Gasteiger partial charge in [0.25, 0.3) is 0 Å². The Labute approximate surface area is 108 Å². The number of aromatic nitrogens is 3. The Kier molecular flexibility index (Phi) is 5.00. The summed E-state index contributed by atoms with van der Waals surface area (Å²) in [4.78, 5) is 4.47. The molecule has 4 nitrogen and oxygen atoms in total. The second-order valence-electron chi connectivity index (χ2n) is 4.64. The molecule has 2 aromatic heterocycles. The maximum Gasteiger partial charge on any atom is 0.157 e. The van der Waals surface area contributed by atoms with E-state index in [0.717, 1.165) is 18.0 Å². The molecule has 0 radical (unpaired) electrons. The van der Waals surface area contributed by atoms with Crippen LogP contribution in [0.2, 0.25) is 0 Å². The Balaban J connectivity index is 1.67. The van der Waals surface area contributed by atoms with E-state index in [-0.39, 0.29) is 0 Å². The summed E-state index contributed by atoms with van der Waals surface area (Å²) in [6.07, 6.45) is 11.6. The van der Waals surface area contributed by atoms with Gasteiger partial charge in [0.1, 0.15) is 5.82 Å². The summed E-state index contributed by atoms with van der Waals surface area (Å²) in [6, 6.07) is 3.88. The fourth-order valence-electron chi connectivity index (χ4n) is 2.03. The zero-order valence-electron chi connectivity index (χ0n) is 11.1. The SMILES string of the molecule is CCCCCCCCNc1ccn2nccc2n1. The van der Waals surface area contributed by atoms with E-state index in [1.807, 2.05) is 18.3 Å². The van der Waals surface area contributed by atoms with Gasteiger partial charge in [-0.05, 0) is 12.5 Å². The molecule has 0 amide bonds. The molecule has 0 aliphatic carbocycles. The van der Waals surface area contributed by atoms with Crippen LogP contribution >= 0.6 is 0 Å². The van der Waals surface area contributed by atoms with Gasteiger partial charge in [0.2, 0.25) is 0 Å². The van der Waals surface area contributed by atoms with Gasteiger partial charge in [-0.25, -0.2) is 9.50 Å². The fraction of sp³-hybridized carbons (Fsp3) is 0.571. The van der Waals surface area contributed by atoms with Crippen molar-refractivity contribution in [1.29, 1.82) is 0 Å². The molecule has 0 aliphatic heterocycles. The van der Waals surface area contributed by atoms with Crippen LogP contribution < -0.4 is 5.32 Å². The maximum atomic E-state index is 4.47. The lowest BCUT2D eigenvalue weighted by molar-refractivity contribution is 0.617. The van der Waals surface area contributed by atoms with E-state index in [4.69, 9.17) is 0 Å². The van der Waals surface area contributed by atoms with E-state index in [9.17, 15) is 0 Å². The van der Waals surface area contributed by atoms with Crippen molar-refractivity contribution >= 4 is 11.5 Å². The average Bonchev–Trinajstić information content (AvgIpc) is 2.85. The van der Waals surface area contributed by atoms with Crippen molar-refractivity contribution in [2.75, 3.05) is 11.9 Å². The minimum atomic E-state index is 0.892. The van der Waals surface area contributed by atoms with Crippen LogP contribution in [0.25, 0.3) is 5.65 Å². The third kappa shape index (κ3) is 3.72. The van der Waals surface area contributed by atoms with Gasteiger partial charge < -0.3 is 5.32 Å². The molecule has 4 heteroatoms. The van der Waals surface area contributed by atoms with Gasteiger partial charge >= 0.3 is 0 Å². The highest BCUT2D eigenvalue weighted by molar-refractivity contribution is 5.45. The van der Waals surface area contributed by atoms with Crippen molar-refractivity contribution in [3.8, 4) is 0 Å². The van der Waals surface area contributed by atoms with Gasteiger partial charge in [-0.15, -0.1) is 0 Å². The number of unbranched alkanes of at least 4 members (excludes halogenated alkanes) is 5. The standard InChI is InChI=1S/C14H22N4/c1-2-3-4-5-6-7-10-15-13-9-12-18-14(17-13)8-11-16-18/h8-9,11-12H,2-7,10H2,1H3,(H,15,17). The summed E-state index contributed by atoms with van der Waals surface area (Å²) in [5.41, 5.74) is 0.892. The van der Waals surface area contributed by atoms with E-state index in [1.165, 1.54) is 38.5 Å². The molecule has 0 saturated carbocycles. The van der Waals surface area contributed by atoms with Crippen LogP contribution in [0.3, 0.4) is 0 Å². The molecule has 2 rings (SSSR count). The predicted octanol–water partition coefficient (Wildman–Crippen LogP) is 3.50. The molecule has 0 atom stereocenters. The van der Waals surface area contributed by atoms with E-state index in [0.29, 0.717) is 0 Å². The number of hydrogen-bond donors (Lipinski definition) is 1. The summed E-state index contributed by atoms with van der Waals surface area (Å²) >= 11 is 0. The molecule has 2 aromatic rings. The van der Waals surface area contributed by atoms with Crippen LogP contribution in [0.15, 0.2) is 24.5 Å².